The van der Waals surface area contributed by atoms with Crippen LogP contribution in [0.3, 0.4) is 0 Å². The fourth-order valence-electron chi connectivity index (χ4n) is 2.44. The minimum absolute atomic E-state index is 0.206. The molecule has 94 valence electrons. The first kappa shape index (κ1) is 14.0. The minimum atomic E-state index is 0.206. The molecule has 0 N–H and O–H groups in total. The highest BCUT2D eigenvalue weighted by molar-refractivity contribution is 5.35. The summed E-state index contributed by atoms with van der Waals surface area (Å²) in [6.45, 7) is 16.9. The molecular weight excluding hydrogens is 204 g/mol. The average Bonchev–Trinajstić information content (AvgIpc) is 2.67. The monoisotopic (exact) mass is 230 g/mol. The van der Waals surface area contributed by atoms with E-state index in [2.05, 4.69) is 59.1 Å². The Hall–Kier alpha value is -1.04. The van der Waals surface area contributed by atoms with Crippen LogP contribution in [-0.2, 0) is 0 Å². The molecule has 0 amide bonds. The number of rotatable bonds is 6. The smallest absolute Gasteiger partial charge is 0.000996 e. The van der Waals surface area contributed by atoms with Crippen LogP contribution in [0, 0.1) is 16.7 Å². The largest absolute Gasteiger partial charge is 0.103 e. The molecule has 0 heterocycles. The number of hydrogen-bond acceptors (Lipinski definition) is 0. The van der Waals surface area contributed by atoms with Crippen molar-refractivity contribution in [3.05, 3.63) is 49.1 Å². The predicted octanol–water partition coefficient (Wildman–Crippen LogP) is 5.30. The zero-order chi connectivity index (χ0) is 13.1. The molecule has 1 atom stereocenters. The van der Waals surface area contributed by atoms with Gasteiger partial charge in [0.25, 0.3) is 0 Å². The summed E-state index contributed by atoms with van der Waals surface area (Å²) in [4.78, 5) is 0. The second kappa shape index (κ2) is 5.08. The molecule has 0 aromatic rings. The molecule has 17 heavy (non-hydrogen) atoms. The van der Waals surface area contributed by atoms with Gasteiger partial charge in [-0.3, -0.25) is 0 Å². The molecule has 0 saturated heterocycles. The second-order valence-electron chi connectivity index (χ2n) is 6.36. The van der Waals surface area contributed by atoms with Crippen LogP contribution in [0.2, 0.25) is 0 Å². The van der Waals surface area contributed by atoms with E-state index in [1.165, 1.54) is 5.57 Å². The summed E-state index contributed by atoms with van der Waals surface area (Å²) in [5.74, 6) is 0.527. The SMILES string of the molecule is C=CCC(C)(C)C1=CC(C(C)(C)CC=C)C=C1. The Labute approximate surface area is 107 Å². The standard InChI is InChI=1S/C17H26/c1-7-11-16(3,4)14-9-10-15(13-14)17(5,6)12-8-2/h7-10,13-14H,1-2,11-12H2,3-6H3. The van der Waals surface area contributed by atoms with Gasteiger partial charge in [0.1, 0.15) is 0 Å². The van der Waals surface area contributed by atoms with Gasteiger partial charge < -0.3 is 0 Å². The molecule has 1 rings (SSSR count). The second-order valence-corrected chi connectivity index (χ2v) is 6.36. The van der Waals surface area contributed by atoms with E-state index in [9.17, 15) is 0 Å². The molecule has 0 heteroatoms. The van der Waals surface area contributed by atoms with E-state index in [1.807, 2.05) is 12.2 Å². The van der Waals surface area contributed by atoms with E-state index >= 15 is 0 Å². The van der Waals surface area contributed by atoms with Crippen molar-refractivity contribution < 1.29 is 0 Å². The highest BCUT2D eigenvalue weighted by atomic mass is 14.3. The molecule has 0 radical (unpaired) electrons. The van der Waals surface area contributed by atoms with E-state index < -0.39 is 0 Å². The number of allylic oxidation sites excluding steroid dienone is 6. The third-order valence-electron chi connectivity index (χ3n) is 3.85. The third-order valence-corrected chi connectivity index (χ3v) is 3.85. The molecule has 0 fully saturated rings. The van der Waals surface area contributed by atoms with Crippen molar-refractivity contribution in [2.24, 2.45) is 16.7 Å². The highest BCUT2D eigenvalue weighted by Gasteiger charge is 2.30. The maximum Gasteiger partial charge on any atom is 0.000996 e. The lowest BCUT2D eigenvalue weighted by Crippen LogP contribution is -2.19. The van der Waals surface area contributed by atoms with Crippen molar-refractivity contribution in [1.29, 1.82) is 0 Å². The zero-order valence-electron chi connectivity index (χ0n) is 11.8. The van der Waals surface area contributed by atoms with Gasteiger partial charge in [-0.25, -0.2) is 0 Å². The normalized spacial score (nSPS) is 20.2. The van der Waals surface area contributed by atoms with Crippen LogP contribution in [0.1, 0.15) is 40.5 Å². The molecule has 0 saturated carbocycles. The molecule has 1 aliphatic carbocycles. The molecule has 1 unspecified atom stereocenters. The minimum Gasteiger partial charge on any atom is -0.103 e. The fourth-order valence-corrected chi connectivity index (χ4v) is 2.44. The van der Waals surface area contributed by atoms with Crippen molar-refractivity contribution in [2.45, 2.75) is 40.5 Å². The van der Waals surface area contributed by atoms with Gasteiger partial charge in [0.15, 0.2) is 0 Å². The van der Waals surface area contributed by atoms with Gasteiger partial charge in [0.2, 0.25) is 0 Å². The van der Waals surface area contributed by atoms with E-state index in [0.717, 1.165) is 12.8 Å². The average molecular weight is 230 g/mol. The third kappa shape index (κ3) is 3.21. The van der Waals surface area contributed by atoms with E-state index in [1.54, 1.807) is 0 Å². The van der Waals surface area contributed by atoms with Crippen LogP contribution in [0.4, 0.5) is 0 Å². The van der Waals surface area contributed by atoms with Crippen LogP contribution >= 0.6 is 0 Å². The van der Waals surface area contributed by atoms with E-state index in [4.69, 9.17) is 0 Å². The first-order valence-corrected chi connectivity index (χ1v) is 6.46. The zero-order valence-corrected chi connectivity index (χ0v) is 11.8. The molecule has 0 spiro atoms. The van der Waals surface area contributed by atoms with Gasteiger partial charge in [-0.05, 0) is 29.2 Å². The van der Waals surface area contributed by atoms with E-state index in [0.29, 0.717) is 5.92 Å². The summed E-state index contributed by atoms with van der Waals surface area (Å²) < 4.78 is 0. The lowest BCUT2D eigenvalue weighted by Gasteiger charge is -2.29. The Morgan fingerprint density at radius 1 is 1.12 bits per heavy atom. The lowest BCUT2D eigenvalue weighted by molar-refractivity contribution is 0.308. The van der Waals surface area contributed by atoms with Gasteiger partial charge in [-0.1, -0.05) is 58.1 Å². The summed E-state index contributed by atoms with van der Waals surface area (Å²) in [6, 6.07) is 0. The Kier molecular flexibility index (Phi) is 4.19. The first-order chi connectivity index (χ1) is 7.83. The highest BCUT2D eigenvalue weighted by Crippen LogP contribution is 2.42. The Morgan fingerprint density at radius 2 is 1.71 bits per heavy atom. The predicted molar refractivity (Wildman–Crippen MR) is 77.9 cm³/mol. The van der Waals surface area contributed by atoms with Crippen molar-refractivity contribution in [3.63, 3.8) is 0 Å². The Bertz CT molecular complexity index is 350. The maximum absolute atomic E-state index is 3.86. The van der Waals surface area contributed by atoms with Crippen molar-refractivity contribution in [1.82, 2.24) is 0 Å². The quantitative estimate of drug-likeness (QED) is 0.543. The van der Waals surface area contributed by atoms with Crippen molar-refractivity contribution in [3.8, 4) is 0 Å². The Morgan fingerprint density at radius 3 is 2.24 bits per heavy atom. The summed E-state index contributed by atoms with van der Waals surface area (Å²) in [6.07, 6.45) is 13.2. The van der Waals surface area contributed by atoms with Crippen molar-refractivity contribution >= 4 is 0 Å². The van der Waals surface area contributed by atoms with Crippen molar-refractivity contribution in [2.75, 3.05) is 0 Å². The van der Waals surface area contributed by atoms with Crippen LogP contribution in [0.5, 0.6) is 0 Å². The molecular formula is C17H26. The van der Waals surface area contributed by atoms with Gasteiger partial charge >= 0.3 is 0 Å². The van der Waals surface area contributed by atoms with Gasteiger partial charge in [-0.15, -0.1) is 13.2 Å². The molecule has 0 nitrogen and oxygen atoms in total. The van der Waals surface area contributed by atoms with Gasteiger partial charge in [0.05, 0.1) is 0 Å². The number of hydrogen-bond donors (Lipinski definition) is 0. The summed E-state index contributed by atoms with van der Waals surface area (Å²) in [5, 5.41) is 0. The molecule has 0 aliphatic heterocycles. The van der Waals surface area contributed by atoms with Crippen LogP contribution in [-0.4, -0.2) is 0 Å². The summed E-state index contributed by atoms with van der Waals surface area (Å²) in [7, 11) is 0. The van der Waals surface area contributed by atoms with Gasteiger partial charge in [-0.2, -0.15) is 0 Å². The molecule has 0 bridgehead atoms. The van der Waals surface area contributed by atoms with Crippen LogP contribution in [0.15, 0.2) is 49.1 Å². The molecule has 0 aromatic heterocycles. The Balaban J connectivity index is 2.86. The van der Waals surface area contributed by atoms with Crippen LogP contribution in [0.25, 0.3) is 0 Å². The van der Waals surface area contributed by atoms with Crippen LogP contribution < -0.4 is 0 Å². The summed E-state index contributed by atoms with van der Waals surface area (Å²) >= 11 is 0. The molecule has 1 aliphatic rings. The molecule has 0 aromatic carbocycles. The lowest BCUT2D eigenvalue weighted by atomic mass is 9.75. The maximum atomic E-state index is 3.86. The van der Waals surface area contributed by atoms with E-state index in [-0.39, 0.29) is 10.8 Å². The summed E-state index contributed by atoms with van der Waals surface area (Å²) in [5.41, 5.74) is 1.92. The first-order valence-electron chi connectivity index (χ1n) is 6.46. The van der Waals surface area contributed by atoms with Gasteiger partial charge in [0, 0.05) is 5.92 Å². The topological polar surface area (TPSA) is 0 Å². The fraction of sp³-hybridized carbons (Fsp3) is 0.529.